The van der Waals surface area contributed by atoms with E-state index in [0.29, 0.717) is 12.0 Å². The van der Waals surface area contributed by atoms with Crippen LogP contribution in [0.2, 0.25) is 0 Å². The SMILES string of the molecule is COC(=O)c1ccc(CC(C(=O)OCc2ccccc2)c2ccc(Br)cc2)cc1. The number of rotatable bonds is 7. The standard InChI is InChI=1S/C24H21BrO4/c1-28-23(26)20-9-7-17(8-10-20)15-22(19-11-13-21(25)14-12-19)24(27)29-16-18-5-3-2-4-6-18/h2-14,22H,15-16H2,1H3. The van der Waals surface area contributed by atoms with Gasteiger partial charge in [-0.3, -0.25) is 4.79 Å². The van der Waals surface area contributed by atoms with Crippen molar-refractivity contribution in [1.29, 1.82) is 0 Å². The number of benzene rings is 3. The Kier molecular flexibility index (Phi) is 7.19. The van der Waals surface area contributed by atoms with Crippen molar-refractivity contribution in [1.82, 2.24) is 0 Å². The van der Waals surface area contributed by atoms with E-state index in [9.17, 15) is 9.59 Å². The Balaban J connectivity index is 1.78. The first kappa shape index (κ1) is 20.8. The van der Waals surface area contributed by atoms with Gasteiger partial charge in [-0.1, -0.05) is 70.5 Å². The van der Waals surface area contributed by atoms with Gasteiger partial charge in [-0.2, -0.15) is 0 Å². The average molecular weight is 453 g/mol. The first-order valence-corrected chi connectivity index (χ1v) is 9.99. The number of halogens is 1. The maximum absolute atomic E-state index is 12.9. The Morgan fingerprint density at radius 2 is 1.52 bits per heavy atom. The molecule has 3 rings (SSSR count). The molecule has 3 aromatic carbocycles. The van der Waals surface area contributed by atoms with E-state index >= 15 is 0 Å². The molecule has 148 valence electrons. The van der Waals surface area contributed by atoms with Crippen LogP contribution >= 0.6 is 15.9 Å². The van der Waals surface area contributed by atoms with Crippen LogP contribution in [0.5, 0.6) is 0 Å². The highest BCUT2D eigenvalue weighted by Gasteiger charge is 2.23. The monoisotopic (exact) mass is 452 g/mol. The van der Waals surface area contributed by atoms with Gasteiger partial charge in [0.2, 0.25) is 0 Å². The zero-order valence-corrected chi connectivity index (χ0v) is 17.6. The second-order valence-corrected chi connectivity index (χ2v) is 7.51. The number of carbonyl (C=O) groups excluding carboxylic acids is 2. The summed E-state index contributed by atoms with van der Waals surface area (Å²) >= 11 is 3.43. The molecule has 0 aliphatic carbocycles. The predicted octanol–water partition coefficient (Wildman–Crippen LogP) is 5.31. The minimum atomic E-state index is -0.448. The molecule has 0 aromatic heterocycles. The van der Waals surface area contributed by atoms with E-state index in [4.69, 9.17) is 9.47 Å². The van der Waals surface area contributed by atoms with Gasteiger partial charge < -0.3 is 9.47 Å². The van der Waals surface area contributed by atoms with E-state index < -0.39 is 5.92 Å². The van der Waals surface area contributed by atoms with E-state index in [-0.39, 0.29) is 18.5 Å². The van der Waals surface area contributed by atoms with Crippen LogP contribution in [0.4, 0.5) is 0 Å². The van der Waals surface area contributed by atoms with Crippen molar-refractivity contribution < 1.29 is 19.1 Å². The lowest BCUT2D eigenvalue weighted by molar-refractivity contribution is -0.146. The molecule has 5 heteroatoms. The molecule has 0 aliphatic heterocycles. The smallest absolute Gasteiger partial charge is 0.337 e. The number of ether oxygens (including phenoxy) is 2. The quantitative estimate of drug-likeness (QED) is 0.456. The van der Waals surface area contributed by atoms with Crippen LogP contribution in [0.15, 0.2) is 83.3 Å². The van der Waals surface area contributed by atoms with Crippen molar-refractivity contribution in [2.45, 2.75) is 18.9 Å². The van der Waals surface area contributed by atoms with Crippen LogP contribution in [0.25, 0.3) is 0 Å². The van der Waals surface area contributed by atoms with Crippen LogP contribution in [-0.4, -0.2) is 19.0 Å². The summed E-state index contributed by atoms with van der Waals surface area (Å²) in [4.78, 5) is 24.5. The van der Waals surface area contributed by atoms with E-state index in [1.807, 2.05) is 66.7 Å². The molecule has 0 amide bonds. The van der Waals surface area contributed by atoms with Crippen LogP contribution in [0.3, 0.4) is 0 Å². The normalized spacial score (nSPS) is 11.5. The molecule has 3 aromatic rings. The molecule has 0 radical (unpaired) electrons. The topological polar surface area (TPSA) is 52.6 Å². The zero-order chi connectivity index (χ0) is 20.6. The molecule has 1 atom stereocenters. The highest BCUT2D eigenvalue weighted by Crippen LogP contribution is 2.25. The number of carbonyl (C=O) groups is 2. The lowest BCUT2D eigenvalue weighted by atomic mass is 9.91. The fourth-order valence-electron chi connectivity index (χ4n) is 2.99. The van der Waals surface area contributed by atoms with Gasteiger partial charge in [-0.15, -0.1) is 0 Å². The molecule has 0 N–H and O–H groups in total. The third-order valence-corrected chi connectivity index (χ3v) is 5.12. The molecule has 4 nitrogen and oxygen atoms in total. The second-order valence-electron chi connectivity index (χ2n) is 6.59. The Labute approximate surface area is 178 Å². The lowest BCUT2D eigenvalue weighted by Gasteiger charge is -2.17. The summed E-state index contributed by atoms with van der Waals surface area (Å²) in [5, 5.41) is 0. The lowest BCUT2D eigenvalue weighted by Crippen LogP contribution is -2.18. The molecule has 0 heterocycles. The Hall–Kier alpha value is -2.92. The summed E-state index contributed by atoms with van der Waals surface area (Å²) in [6.07, 6.45) is 0.469. The molecule has 0 saturated heterocycles. The van der Waals surface area contributed by atoms with Gasteiger partial charge in [-0.25, -0.2) is 4.79 Å². The molecular weight excluding hydrogens is 432 g/mol. The zero-order valence-electron chi connectivity index (χ0n) is 16.0. The number of hydrogen-bond acceptors (Lipinski definition) is 4. The Morgan fingerprint density at radius 3 is 2.14 bits per heavy atom. The van der Waals surface area contributed by atoms with Gasteiger partial charge in [0.05, 0.1) is 18.6 Å². The fraction of sp³-hybridized carbons (Fsp3) is 0.167. The van der Waals surface area contributed by atoms with Crippen LogP contribution in [-0.2, 0) is 27.3 Å². The third-order valence-electron chi connectivity index (χ3n) is 4.60. The van der Waals surface area contributed by atoms with Gasteiger partial charge >= 0.3 is 11.9 Å². The predicted molar refractivity (Wildman–Crippen MR) is 115 cm³/mol. The van der Waals surface area contributed by atoms with Crippen molar-refractivity contribution in [3.05, 3.63) is 106 Å². The third kappa shape index (κ3) is 5.78. The Morgan fingerprint density at radius 1 is 0.862 bits per heavy atom. The highest BCUT2D eigenvalue weighted by atomic mass is 79.9. The van der Waals surface area contributed by atoms with Crippen LogP contribution < -0.4 is 0 Å². The largest absolute Gasteiger partial charge is 0.465 e. The van der Waals surface area contributed by atoms with Crippen molar-refractivity contribution in [3.63, 3.8) is 0 Å². The fourth-order valence-corrected chi connectivity index (χ4v) is 3.26. The average Bonchev–Trinajstić information content (AvgIpc) is 2.77. The minimum absolute atomic E-state index is 0.230. The number of esters is 2. The van der Waals surface area contributed by atoms with Gasteiger partial charge in [0.25, 0.3) is 0 Å². The molecule has 0 spiro atoms. The van der Waals surface area contributed by atoms with Gasteiger partial charge in [0.1, 0.15) is 6.61 Å². The molecule has 29 heavy (non-hydrogen) atoms. The molecule has 0 fully saturated rings. The first-order chi connectivity index (χ1) is 14.1. The van der Waals surface area contributed by atoms with Crippen molar-refractivity contribution >= 4 is 27.9 Å². The van der Waals surface area contributed by atoms with E-state index in [2.05, 4.69) is 15.9 Å². The van der Waals surface area contributed by atoms with Crippen molar-refractivity contribution in [3.8, 4) is 0 Å². The molecular formula is C24H21BrO4. The molecule has 0 bridgehead atoms. The van der Waals surface area contributed by atoms with Crippen molar-refractivity contribution in [2.75, 3.05) is 7.11 Å². The van der Waals surface area contributed by atoms with Crippen LogP contribution in [0.1, 0.15) is 33.0 Å². The summed E-state index contributed by atoms with van der Waals surface area (Å²) in [5.74, 6) is -1.12. The van der Waals surface area contributed by atoms with Gasteiger partial charge in [-0.05, 0) is 47.4 Å². The Bertz CT molecular complexity index is 950. The molecule has 1 unspecified atom stereocenters. The molecule has 0 saturated carbocycles. The number of hydrogen-bond donors (Lipinski definition) is 0. The summed E-state index contributed by atoms with van der Waals surface area (Å²) in [5.41, 5.74) is 3.23. The summed E-state index contributed by atoms with van der Waals surface area (Å²) in [6.45, 7) is 0.230. The van der Waals surface area contributed by atoms with E-state index in [1.54, 1.807) is 12.1 Å². The first-order valence-electron chi connectivity index (χ1n) is 9.20. The van der Waals surface area contributed by atoms with E-state index in [0.717, 1.165) is 21.2 Å². The minimum Gasteiger partial charge on any atom is -0.465 e. The number of methoxy groups -OCH3 is 1. The van der Waals surface area contributed by atoms with Crippen LogP contribution in [0, 0.1) is 0 Å². The summed E-state index contributed by atoms with van der Waals surface area (Å²) in [7, 11) is 1.35. The summed E-state index contributed by atoms with van der Waals surface area (Å²) < 4.78 is 11.3. The molecule has 0 aliphatic rings. The second kappa shape index (κ2) is 10.0. The maximum atomic E-state index is 12.9. The maximum Gasteiger partial charge on any atom is 0.337 e. The van der Waals surface area contributed by atoms with E-state index in [1.165, 1.54) is 7.11 Å². The van der Waals surface area contributed by atoms with Crippen molar-refractivity contribution in [2.24, 2.45) is 0 Å². The summed E-state index contributed by atoms with van der Waals surface area (Å²) in [6, 6.07) is 24.3. The van der Waals surface area contributed by atoms with Gasteiger partial charge in [0.15, 0.2) is 0 Å². The van der Waals surface area contributed by atoms with Gasteiger partial charge in [0, 0.05) is 4.47 Å². The highest BCUT2D eigenvalue weighted by molar-refractivity contribution is 9.10.